The van der Waals surface area contributed by atoms with Gasteiger partial charge in [-0.1, -0.05) is 17.7 Å². The molecule has 2 heterocycles. The summed E-state index contributed by atoms with van der Waals surface area (Å²) in [7, 11) is -3.69. The van der Waals surface area contributed by atoms with Gasteiger partial charge in [-0.2, -0.15) is 4.73 Å². The van der Waals surface area contributed by atoms with E-state index in [-0.39, 0.29) is 4.90 Å². The first-order chi connectivity index (χ1) is 9.50. The van der Waals surface area contributed by atoms with Crippen molar-refractivity contribution in [3.05, 3.63) is 65.6 Å². The van der Waals surface area contributed by atoms with Gasteiger partial charge in [-0.05, 0) is 25.1 Å². The Kier molecular flexibility index (Phi) is 2.76. The highest BCUT2D eigenvalue weighted by molar-refractivity contribution is 7.90. The smallest absolute Gasteiger partial charge is 0.268 e. The van der Waals surface area contributed by atoms with Gasteiger partial charge in [0, 0.05) is 18.3 Å². The fraction of sp³-hybridized carbons (Fsp3) is 0.0714. The van der Waals surface area contributed by atoms with Crippen molar-refractivity contribution in [2.75, 3.05) is 0 Å². The second-order valence-electron chi connectivity index (χ2n) is 4.53. The number of nitrogens with zero attached hydrogens (tertiary/aromatic N) is 2. The summed E-state index contributed by atoms with van der Waals surface area (Å²) in [5.41, 5.74) is 1.67. The molecule has 0 N–H and O–H groups in total. The summed E-state index contributed by atoms with van der Waals surface area (Å²) in [4.78, 5) is 0.196. The highest BCUT2D eigenvalue weighted by Gasteiger charge is 2.21. The molecule has 0 amide bonds. The minimum Gasteiger partial charge on any atom is -0.618 e. The van der Waals surface area contributed by atoms with Crippen molar-refractivity contribution in [1.82, 2.24) is 3.97 Å². The second kappa shape index (κ2) is 4.35. The van der Waals surface area contributed by atoms with Gasteiger partial charge in [0.25, 0.3) is 10.0 Å². The first kappa shape index (κ1) is 12.7. The van der Waals surface area contributed by atoms with Gasteiger partial charge >= 0.3 is 0 Å². The van der Waals surface area contributed by atoms with Gasteiger partial charge in [0.15, 0.2) is 6.20 Å². The van der Waals surface area contributed by atoms with E-state index >= 15 is 0 Å². The molecule has 0 aliphatic heterocycles. The molecule has 0 aliphatic carbocycles. The third kappa shape index (κ3) is 1.85. The fourth-order valence-corrected chi connectivity index (χ4v) is 3.43. The molecule has 0 bridgehead atoms. The highest BCUT2D eigenvalue weighted by atomic mass is 32.2. The molecule has 0 atom stereocenters. The van der Waals surface area contributed by atoms with Crippen LogP contribution in [0.15, 0.2) is 59.8 Å². The molecule has 0 unspecified atom stereocenters. The molecule has 0 aliphatic rings. The van der Waals surface area contributed by atoms with Crippen molar-refractivity contribution in [2.45, 2.75) is 11.8 Å². The monoisotopic (exact) mass is 288 g/mol. The van der Waals surface area contributed by atoms with E-state index in [0.717, 1.165) is 9.54 Å². The summed E-state index contributed by atoms with van der Waals surface area (Å²) in [5.74, 6) is 0. The van der Waals surface area contributed by atoms with Crippen molar-refractivity contribution < 1.29 is 13.1 Å². The Balaban J connectivity index is 2.24. The normalized spacial score (nSPS) is 11.8. The lowest BCUT2D eigenvalue weighted by Gasteiger charge is -2.07. The molecule has 0 spiro atoms. The fourth-order valence-electron chi connectivity index (χ4n) is 2.09. The van der Waals surface area contributed by atoms with Crippen molar-refractivity contribution in [1.29, 1.82) is 0 Å². The zero-order chi connectivity index (χ0) is 14.3. The molecular weight excluding hydrogens is 276 g/mol. The van der Waals surface area contributed by atoms with Crippen LogP contribution in [0.2, 0.25) is 0 Å². The van der Waals surface area contributed by atoms with E-state index in [1.54, 1.807) is 30.3 Å². The molecule has 0 radical (unpaired) electrons. The van der Waals surface area contributed by atoms with E-state index in [0.29, 0.717) is 15.8 Å². The van der Waals surface area contributed by atoms with E-state index in [4.69, 9.17) is 0 Å². The largest absolute Gasteiger partial charge is 0.618 e. The number of benzene rings is 1. The van der Waals surface area contributed by atoms with Gasteiger partial charge in [0.2, 0.25) is 5.52 Å². The van der Waals surface area contributed by atoms with Crippen molar-refractivity contribution in [3.8, 4) is 0 Å². The number of hydrogen-bond acceptors (Lipinski definition) is 3. The Morgan fingerprint density at radius 2 is 1.80 bits per heavy atom. The van der Waals surface area contributed by atoms with Crippen LogP contribution in [-0.2, 0) is 10.0 Å². The van der Waals surface area contributed by atoms with Crippen molar-refractivity contribution >= 4 is 21.1 Å². The van der Waals surface area contributed by atoms with Crippen molar-refractivity contribution in [3.63, 3.8) is 0 Å². The van der Waals surface area contributed by atoms with E-state index in [1.807, 2.05) is 6.92 Å². The summed E-state index contributed by atoms with van der Waals surface area (Å²) in [5, 5.41) is 11.6. The molecule has 6 heteroatoms. The SMILES string of the molecule is Cc1ccc(S(=O)(=O)n2ccc3c2ccc[n+]3[O-])cc1. The Hall–Kier alpha value is -2.34. The number of aryl methyl sites for hydroxylation is 1. The Bertz CT molecular complexity index is 880. The van der Waals surface area contributed by atoms with Gasteiger partial charge in [0.05, 0.1) is 4.90 Å². The number of aromatic nitrogens is 2. The number of rotatable bonds is 2. The Morgan fingerprint density at radius 1 is 1.10 bits per heavy atom. The maximum absolute atomic E-state index is 12.6. The lowest BCUT2D eigenvalue weighted by molar-refractivity contribution is -0.576. The van der Waals surface area contributed by atoms with E-state index in [9.17, 15) is 13.6 Å². The zero-order valence-electron chi connectivity index (χ0n) is 10.7. The number of fused-ring (bicyclic) bond motifs is 1. The molecule has 5 nitrogen and oxygen atoms in total. The molecular formula is C14H12N2O3S. The summed E-state index contributed by atoms with van der Waals surface area (Å²) < 4.78 is 26.9. The van der Waals surface area contributed by atoms with Gasteiger partial charge < -0.3 is 5.21 Å². The van der Waals surface area contributed by atoms with Gasteiger partial charge in [-0.15, -0.1) is 0 Å². The predicted molar refractivity (Wildman–Crippen MR) is 74.7 cm³/mol. The summed E-state index contributed by atoms with van der Waals surface area (Å²) in [6, 6.07) is 11.2. The van der Waals surface area contributed by atoms with E-state index in [1.165, 1.54) is 24.5 Å². The first-order valence-electron chi connectivity index (χ1n) is 6.01. The summed E-state index contributed by atoms with van der Waals surface area (Å²) in [6.45, 7) is 1.89. The lowest BCUT2D eigenvalue weighted by Crippen LogP contribution is -2.25. The van der Waals surface area contributed by atoms with E-state index < -0.39 is 10.0 Å². The Labute approximate surface area is 116 Å². The van der Waals surface area contributed by atoms with Crippen LogP contribution in [0.25, 0.3) is 11.0 Å². The average molecular weight is 288 g/mol. The highest BCUT2D eigenvalue weighted by Crippen LogP contribution is 2.20. The number of pyridine rings is 1. The van der Waals surface area contributed by atoms with Crippen LogP contribution in [0.5, 0.6) is 0 Å². The maximum atomic E-state index is 12.6. The molecule has 2 aromatic heterocycles. The molecule has 102 valence electrons. The molecule has 0 saturated heterocycles. The molecule has 20 heavy (non-hydrogen) atoms. The van der Waals surface area contributed by atoms with Crippen LogP contribution >= 0.6 is 0 Å². The quantitative estimate of drug-likeness (QED) is 0.533. The molecule has 3 rings (SSSR count). The molecule has 1 aromatic carbocycles. The predicted octanol–water partition coefficient (Wildman–Crippen LogP) is 1.82. The molecule has 3 aromatic rings. The van der Waals surface area contributed by atoms with Crippen molar-refractivity contribution in [2.24, 2.45) is 0 Å². The van der Waals surface area contributed by atoms with E-state index in [2.05, 4.69) is 0 Å². The minimum absolute atomic E-state index is 0.196. The van der Waals surface area contributed by atoms with Gasteiger partial charge in [-0.3, -0.25) is 0 Å². The molecule has 0 saturated carbocycles. The maximum Gasteiger partial charge on any atom is 0.268 e. The lowest BCUT2D eigenvalue weighted by atomic mass is 10.2. The number of hydrogen-bond donors (Lipinski definition) is 0. The average Bonchev–Trinajstić information content (AvgIpc) is 2.85. The summed E-state index contributed by atoms with van der Waals surface area (Å²) >= 11 is 0. The van der Waals surface area contributed by atoms with Crippen LogP contribution in [-0.4, -0.2) is 12.4 Å². The van der Waals surface area contributed by atoms with Crippen LogP contribution in [0.3, 0.4) is 0 Å². The Morgan fingerprint density at radius 3 is 2.50 bits per heavy atom. The third-order valence-corrected chi connectivity index (χ3v) is 4.86. The minimum atomic E-state index is -3.69. The van der Waals surface area contributed by atoms with Crippen LogP contribution in [0.4, 0.5) is 0 Å². The topological polar surface area (TPSA) is 66.0 Å². The zero-order valence-corrected chi connectivity index (χ0v) is 11.5. The van der Waals surface area contributed by atoms with Crippen LogP contribution < -0.4 is 4.73 Å². The van der Waals surface area contributed by atoms with Gasteiger partial charge in [-0.25, -0.2) is 12.4 Å². The first-order valence-corrected chi connectivity index (χ1v) is 7.45. The molecule has 0 fully saturated rings. The second-order valence-corrected chi connectivity index (χ2v) is 6.35. The van der Waals surface area contributed by atoms with Crippen LogP contribution in [0, 0.1) is 12.1 Å². The van der Waals surface area contributed by atoms with Crippen LogP contribution in [0.1, 0.15) is 5.56 Å². The standard InChI is InChI=1S/C14H12N2O3S/c1-11-4-6-12(7-5-11)20(18,19)16-10-8-13-14(16)3-2-9-15(13)17/h2-10H,1H3. The summed E-state index contributed by atoms with van der Waals surface area (Å²) in [6.07, 6.45) is 2.74. The third-order valence-electron chi connectivity index (χ3n) is 3.16. The van der Waals surface area contributed by atoms with Gasteiger partial charge in [0.1, 0.15) is 5.52 Å².